The summed E-state index contributed by atoms with van der Waals surface area (Å²) in [5.41, 5.74) is 2.17. The summed E-state index contributed by atoms with van der Waals surface area (Å²) in [7, 11) is 0. The fourth-order valence-corrected chi connectivity index (χ4v) is 2.61. The summed E-state index contributed by atoms with van der Waals surface area (Å²) in [6.45, 7) is 7.29. The van der Waals surface area contributed by atoms with Crippen LogP contribution in [-0.2, 0) is 17.8 Å². The Hall–Kier alpha value is -0.870. The van der Waals surface area contributed by atoms with Crippen LogP contribution in [0.1, 0.15) is 37.2 Å². The third-order valence-corrected chi connectivity index (χ3v) is 3.57. The molecule has 0 N–H and O–H groups in total. The zero-order valence-electron chi connectivity index (χ0n) is 10.3. The van der Waals surface area contributed by atoms with Crippen molar-refractivity contribution < 1.29 is 0 Å². The molecule has 0 bridgehead atoms. The molecule has 0 saturated carbocycles. The van der Waals surface area contributed by atoms with Crippen molar-refractivity contribution in [3.63, 3.8) is 0 Å². The Labute approximate surface area is 110 Å². The smallest absolute Gasteiger partial charge is 0.113 e. The molecule has 0 spiro atoms. The molecule has 0 radical (unpaired) electrons. The van der Waals surface area contributed by atoms with Gasteiger partial charge in [0.15, 0.2) is 0 Å². The maximum atomic E-state index is 5.72. The molecule has 17 heavy (non-hydrogen) atoms. The topological polar surface area (TPSA) is 30.7 Å². The fourth-order valence-electron chi connectivity index (χ4n) is 1.45. The summed E-state index contributed by atoms with van der Waals surface area (Å²) in [5.74, 6) is 0.456. The molecule has 0 aromatic carbocycles. The van der Waals surface area contributed by atoms with Crippen LogP contribution in [0.5, 0.6) is 0 Å². The molecule has 0 saturated heterocycles. The maximum Gasteiger partial charge on any atom is 0.113 e. The minimum Gasteiger partial charge on any atom is -0.330 e. The number of alkyl halides is 1. The van der Waals surface area contributed by atoms with Crippen LogP contribution in [0.25, 0.3) is 0 Å². The van der Waals surface area contributed by atoms with Gasteiger partial charge in [-0.1, -0.05) is 20.8 Å². The highest BCUT2D eigenvalue weighted by Crippen LogP contribution is 2.24. The van der Waals surface area contributed by atoms with Crippen LogP contribution in [0.3, 0.4) is 0 Å². The molecule has 0 amide bonds. The molecular formula is C12H16ClN3S. The Morgan fingerprint density at radius 1 is 1.41 bits per heavy atom. The third kappa shape index (κ3) is 3.07. The van der Waals surface area contributed by atoms with Gasteiger partial charge in [-0.05, 0) is 0 Å². The van der Waals surface area contributed by atoms with E-state index in [1.165, 1.54) is 0 Å². The lowest BCUT2D eigenvalue weighted by Gasteiger charge is -2.14. The molecule has 0 fully saturated rings. The van der Waals surface area contributed by atoms with E-state index < -0.39 is 0 Å². The van der Waals surface area contributed by atoms with Crippen molar-refractivity contribution in [2.24, 2.45) is 0 Å². The molecule has 0 aliphatic carbocycles. The second-order valence-corrected chi connectivity index (χ2v) is 6.26. The first kappa shape index (κ1) is 12.6. The van der Waals surface area contributed by atoms with Gasteiger partial charge in [0.2, 0.25) is 0 Å². The first-order valence-electron chi connectivity index (χ1n) is 5.50. The normalized spacial score (nSPS) is 12.0. The second-order valence-electron chi connectivity index (χ2n) is 5.05. The quantitative estimate of drug-likeness (QED) is 0.800. The lowest BCUT2D eigenvalue weighted by Crippen LogP contribution is -2.11. The Bertz CT molecular complexity index is 496. The Balaban J connectivity index is 2.11. The van der Waals surface area contributed by atoms with Gasteiger partial charge in [0.1, 0.15) is 5.01 Å². The summed E-state index contributed by atoms with van der Waals surface area (Å²) in [6.07, 6.45) is 3.76. The fraction of sp³-hybridized carbons (Fsp3) is 0.500. The number of halogens is 1. The molecule has 92 valence electrons. The van der Waals surface area contributed by atoms with Crippen molar-refractivity contribution in [3.8, 4) is 0 Å². The number of hydrogen-bond acceptors (Lipinski definition) is 3. The van der Waals surface area contributed by atoms with Crippen LogP contribution in [-0.4, -0.2) is 14.5 Å². The lowest BCUT2D eigenvalue weighted by molar-refractivity contribution is 0.569. The average molecular weight is 270 g/mol. The SMILES string of the molecule is CC(C)(C)c1csc(Cn2cnc(CCl)c2)n1. The summed E-state index contributed by atoms with van der Waals surface area (Å²) in [5, 5.41) is 3.24. The molecule has 2 rings (SSSR count). The number of aromatic nitrogens is 3. The van der Waals surface area contributed by atoms with E-state index in [9.17, 15) is 0 Å². The Morgan fingerprint density at radius 2 is 2.18 bits per heavy atom. The van der Waals surface area contributed by atoms with E-state index in [1.54, 1.807) is 17.7 Å². The highest BCUT2D eigenvalue weighted by molar-refractivity contribution is 7.09. The van der Waals surface area contributed by atoms with Crippen LogP contribution in [0.2, 0.25) is 0 Å². The van der Waals surface area contributed by atoms with Crippen molar-refractivity contribution in [1.29, 1.82) is 0 Å². The number of thiazole rings is 1. The van der Waals surface area contributed by atoms with E-state index in [0.29, 0.717) is 5.88 Å². The van der Waals surface area contributed by atoms with Gasteiger partial charge in [0.25, 0.3) is 0 Å². The predicted octanol–water partition coefficient (Wildman–Crippen LogP) is 3.42. The van der Waals surface area contributed by atoms with E-state index in [1.807, 2.05) is 10.8 Å². The van der Waals surface area contributed by atoms with Gasteiger partial charge in [-0.25, -0.2) is 9.97 Å². The summed E-state index contributed by atoms with van der Waals surface area (Å²) in [4.78, 5) is 8.84. The molecular weight excluding hydrogens is 254 g/mol. The number of nitrogens with zero attached hydrogens (tertiary/aromatic N) is 3. The van der Waals surface area contributed by atoms with Gasteiger partial charge in [0.05, 0.1) is 30.1 Å². The van der Waals surface area contributed by atoms with Crippen molar-refractivity contribution in [1.82, 2.24) is 14.5 Å². The highest BCUT2D eigenvalue weighted by atomic mass is 35.5. The van der Waals surface area contributed by atoms with Gasteiger partial charge in [-0.3, -0.25) is 0 Å². The van der Waals surface area contributed by atoms with Crippen molar-refractivity contribution in [3.05, 3.63) is 34.3 Å². The number of rotatable bonds is 3. The number of hydrogen-bond donors (Lipinski definition) is 0. The molecule has 2 aromatic heterocycles. The largest absolute Gasteiger partial charge is 0.330 e. The van der Waals surface area contributed by atoms with Crippen LogP contribution < -0.4 is 0 Å². The lowest BCUT2D eigenvalue weighted by atomic mass is 9.93. The van der Waals surface area contributed by atoms with Crippen molar-refractivity contribution >= 4 is 22.9 Å². The van der Waals surface area contributed by atoms with Gasteiger partial charge >= 0.3 is 0 Å². The van der Waals surface area contributed by atoms with E-state index >= 15 is 0 Å². The molecule has 0 atom stereocenters. The predicted molar refractivity (Wildman–Crippen MR) is 71.7 cm³/mol. The van der Waals surface area contributed by atoms with E-state index in [0.717, 1.165) is 22.9 Å². The minimum atomic E-state index is 0.116. The average Bonchev–Trinajstić information content (AvgIpc) is 2.86. The monoisotopic (exact) mass is 269 g/mol. The zero-order valence-corrected chi connectivity index (χ0v) is 11.8. The van der Waals surface area contributed by atoms with Crippen molar-refractivity contribution in [2.45, 2.75) is 38.6 Å². The highest BCUT2D eigenvalue weighted by Gasteiger charge is 2.17. The third-order valence-electron chi connectivity index (χ3n) is 2.46. The van der Waals surface area contributed by atoms with E-state index in [2.05, 4.69) is 36.1 Å². The van der Waals surface area contributed by atoms with E-state index in [-0.39, 0.29) is 5.41 Å². The first-order chi connectivity index (χ1) is 7.99. The minimum absolute atomic E-state index is 0.116. The first-order valence-corrected chi connectivity index (χ1v) is 6.92. The standard InChI is InChI=1S/C12H16ClN3S/c1-12(2,3)10-7-17-11(15-10)6-16-5-9(4-13)14-8-16/h5,7-8H,4,6H2,1-3H3. The molecule has 0 unspecified atom stereocenters. The maximum absolute atomic E-state index is 5.72. The van der Waals surface area contributed by atoms with Crippen LogP contribution in [0, 0.1) is 0 Å². The van der Waals surface area contributed by atoms with E-state index in [4.69, 9.17) is 11.6 Å². The van der Waals surface area contributed by atoms with Crippen molar-refractivity contribution in [2.75, 3.05) is 0 Å². The van der Waals surface area contributed by atoms with Crippen LogP contribution in [0.4, 0.5) is 0 Å². The molecule has 5 heteroatoms. The molecule has 0 aliphatic rings. The zero-order chi connectivity index (χ0) is 12.5. The van der Waals surface area contributed by atoms with Gasteiger partial charge < -0.3 is 4.57 Å². The Morgan fingerprint density at radius 3 is 2.71 bits per heavy atom. The summed E-state index contributed by atoms with van der Waals surface area (Å²) in [6, 6.07) is 0. The second kappa shape index (κ2) is 4.78. The number of imidazole rings is 1. The molecule has 3 nitrogen and oxygen atoms in total. The van der Waals surface area contributed by atoms with Gasteiger partial charge in [-0.2, -0.15) is 0 Å². The molecule has 2 aromatic rings. The van der Waals surface area contributed by atoms with Gasteiger partial charge in [0, 0.05) is 17.0 Å². The molecule has 2 heterocycles. The molecule has 0 aliphatic heterocycles. The van der Waals surface area contributed by atoms with Crippen LogP contribution in [0.15, 0.2) is 17.9 Å². The summed E-state index contributed by atoms with van der Waals surface area (Å²) >= 11 is 7.41. The van der Waals surface area contributed by atoms with Crippen LogP contribution >= 0.6 is 22.9 Å². The summed E-state index contributed by atoms with van der Waals surface area (Å²) < 4.78 is 2.02. The Kier molecular flexibility index (Phi) is 3.54. The van der Waals surface area contributed by atoms with Gasteiger partial charge in [-0.15, -0.1) is 22.9 Å².